The number of hydrogen-bond donors (Lipinski definition) is 4. The molecule has 1 aromatic heterocycles. The van der Waals surface area contributed by atoms with Crippen molar-refractivity contribution in [1.29, 1.82) is 0 Å². The van der Waals surface area contributed by atoms with E-state index in [0.29, 0.717) is 0 Å². The lowest BCUT2D eigenvalue weighted by Gasteiger charge is -2.24. The van der Waals surface area contributed by atoms with Crippen LogP contribution in [0.4, 0.5) is 4.79 Å². The predicted octanol–water partition coefficient (Wildman–Crippen LogP) is 2.34. The average molecular weight is 569 g/mol. The molecule has 0 bridgehead atoms. The summed E-state index contributed by atoms with van der Waals surface area (Å²) < 4.78 is 38.2. The van der Waals surface area contributed by atoms with Gasteiger partial charge in [-0.1, -0.05) is 18.2 Å². The number of benzene rings is 1. The highest BCUT2D eigenvalue weighted by atomic mass is 32.2. The zero-order valence-electron chi connectivity index (χ0n) is 21.9. The number of nitrogens with one attached hydrogen (secondary N) is 4. The van der Waals surface area contributed by atoms with E-state index >= 15 is 0 Å². The number of sulfonamides is 1. The molecule has 1 atom stereocenters. The summed E-state index contributed by atoms with van der Waals surface area (Å²) in [7, 11) is -4.10. The molecule has 2 aromatic rings. The van der Waals surface area contributed by atoms with E-state index in [1.807, 2.05) is 0 Å². The summed E-state index contributed by atoms with van der Waals surface area (Å²) >= 11 is 0.823. The van der Waals surface area contributed by atoms with Gasteiger partial charge in [0, 0.05) is 6.54 Å². The van der Waals surface area contributed by atoms with E-state index < -0.39 is 57.7 Å². The average Bonchev–Trinajstić information content (AvgIpc) is 3.29. The monoisotopic (exact) mass is 568 g/mol. The van der Waals surface area contributed by atoms with Crippen LogP contribution in [0.25, 0.3) is 0 Å². The molecule has 0 fully saturated rings. The minimum Gasteiger partial charge on any atom is -0.459 e. The van der Waals surface area contributed by atoms with Gasteiger partial charge in [-0.2, -0.15) is 4.72 Å². The van der Waals surface area contributed by atoms with Crippen LogP contribution < -0.4 is 20.9 Å². The van der Waals surface area contributed by atoms with Gasteiger partial charge in [-0.15, -0.1) is 11.3 Å². The van der Waals surface area contributed by atoms with Gasteiger partial charge < -0.3 is 14.8 Å². The van der Waals surface area contributed by atoms with Gasteiger partial charge >= 0.3 is 12.1 Å². The van der Waals surface area contributed by atoms with Crippen molar-refractivity contribution in [3.8, 4) is 0 Å². The molecule has 0 aliphatic carbocycles. The molecule has 12 nitrogen and oxygen atoms in total. The van der Waals surface area contributed by atoms with Crippen LogP contribution in [0.5, 0.6) is 0 Å². The van der Waals surface area contributed by atoms with E-state index in [0.717, 1.165) is 11.3 Å². The zero-order chi connectivity index (χ0) is 28.7. The topological polar surface area (TPSA) is 169 Å². The van der Waals surface area contributed by atoms with E-state index in [-0.39, 0.29) is 14.6 Å². The van der Waals surface area contributed by atoms with Crippen LogP contribution in [-0.4, -0.2) is 56.1 Å². The fourth-order valence-electron chi connectivity index (χ4n) is 2.74. The van der Waals surface area contributed by atoms with Gasteiger partial charge in [0.25, 0.3) is 11.8 Å². The van der Waals surface area contributed by atoms with E-state index in [1.54, 1.807) is 47.6 Å². The van der Waals surface area contributed by atoms with Gasteiger partial charge in [0.2, 0.25) is 10.0 Å². The molecule has 14 heteroatoms. The van der Waals surface area contributed by atoms with Gasteiger partial charge in [-0.3, -0.25) is 19.8 Å². The third kappa shape index (κ3) is 10.1. The molecule has 0 unspecified atom stereocenters. The molecule has 3 amide bonds. The Balaban J connectivity index is 2.06. The highest BCUT2D eigenvalue weighted by Gasteiger charge is 2.30. The Hall–Kier alpha value is -3.49. The predicted molar refractivity (Wildman–Crippen MR) is 140 cm³/mol. The van der Waals surface area contributed by atoms with Gasteiger partial charge in [0.05, 0.1) is 14.6 Å². The first-order valence-corrected chi connectivity index (χ1v) is 13.7. The third-order valence-electron chi connectivity index (χ3n) is 4.24. The Morgan fingerprint density at radius 3 is 1.92 bits per heavy atom. The Kier molecular flexibility index (Phi) is 10.0. The molecule has 0 saturated carbocycles. The van der Waals surface area contributed by atoms with Crippen LogP contribution in [-0.2, 0) is 24.3 Å². The Bertz CT molecular complexity index is 1260. The summed E-state index contributed by atoms with van der Waals surface area (Å²) in [4.78, 5) is 49.6. The maximum Gasteiger partial charge on any atom is 0.426 e. The van der Waals surface area contributed by atoms with Crippen LogP contribution in [0.1, 0.15) is 60.9 Å². The first kappa shape index (κ1) is 30.7. The van der Waals surface area contributed by atoms with Crippen LogP contribution in [0.3, 0.4) is 0 Å². The summed E-state index contributed by atoms with van der Waals surface area (Å²) in [6.07, 6.45) is -0.855. The van der Waals surface area contributed by atoms with Crippen molar-refractivity contribution in [2.75, 3.05) is 6.54 Å². The van der Waals surface area contributed by atoms with Crippen LogP contribution >= 0.6 is 11.3 Å². The molecule has 2 rings (SSSR count). The van der Waals surface area contributed by atoms with Crippen molar-refractivity contribution in [1.82, 2.24) is 20.9 Å². The number of hydrogen-bond acceptors (Lipinski definition) is 9. The molecule has 4 N–H and O–H groups in total. The number of carbonyl (C=O) groups is 4. The molecular weight excluding hydrogens is 536 g/mol. The molecule has 1 heterocycles. The Morgan fingerprint density at radius 1 is 0.816 bits per heavy atom. The zero-order valence-corrected chi connectivity index (χ0v) is 23.5. The number of carbonyl (C=O) groups excluding carboxylic acids is 4. The number of esters is 1. The molecule has 0 saturated heterocycles. The number of thiophene rings is 1. The van der Waals surface area contributed by atoms with Gasteiger partial charge in [0.1, 0.15) is 17.2 Å². The lowest BCUT2D eigenvalue weighted by Crippen LogP contribution is -2.50. The molecule has 0 aliphatic heterocycles. The lowest BCUT2D eigenvalue weighted by atomic mass is 10.2. The molecule has 38 heavy (non-hydrogen) atoms. The standard InChI is InChI=1S/C24H32N4O8S2/c1-23(2,3)35-21(31)16(28-38(33,34)15-10-8-7-9-11-15)14-25-19(29)17-12-13-18(37-17)20(30)26-27-22(32)36-24(4,5)6/h7-13,16,28H,14H2,1-6H3,(H,25,29)(H,26,30)(H,27,32)/t16-/m0/s1. The van der Waals surface area contributed by atoms with E-state index in [1.165, 1.54) is 36.4 Å². The minimum atomic E-state index is -4.10. The number of rotatable bonds is 8. The van der Waals surface area contributed by atoms with Crippen LogP contribution in [0, 0.1) is 0 Å². The first-order chi connectivity index (χ1) is 17.5. The number of amides is 3. The molecule has 0 radical (unpaired) electrons. The maximum atomic E-state index is 12.8. The molecule has 1 aromatic carbocycles. The number of hydrazine groups is 1. The maximum absolute atomic E-state index is 12.8. The van der Waals surface area contributed by atoms with E-state index in [9.17, 15) is 27.6 Å². The second kappa shape index (κ2) is 12.4. The Morgan fingerprint density at radius 2 is 1.37 bits per heavy atom. The molecule has 0 spiro atoms. The fraction of sp³-hybridized carbons (Fsp3) is 0.417. The Labute approximate surface area is 225 Å². The van der Waals surface area contributed by atoms with Crippen molar-refractivity contribution in [3.05, 3.63) is 52.2 Å². The van der Waals surface area contributed by atoms with Crippen LogP contribution in [0.15, 0.2) is 47.4 Å². The first-order valence-electron chi connectivity index (χ1n) is 11.4. The highest BCUT2D eigenvalue weighted by molar-refractivity contribution is 7.89. The van der Waals surface area contributed by atoms with Crippen LogP contribution in [0.2, 0.25) is 0 Å². The van der Waals surface area contributed by atoms with Crippen molar-refractivity contribution in [2.24, 2.45) is 0 Å². The normalized spacial score (nSPS) is 12.7. The summed E-state index contributed by atoms with van der Waals surface area (Å²) in [5, 5.41) is 2.49. The van der Waals surface area contributed by atoms with Gasteiger partial charge in [-0.25, -0.2) is 18.6 Å². The van der Waals surface area contributed by atoms with Crippen molar-refractivity contribution in [2.45, 2.75) is 63.7 Å². The third-order valence-corrected chi connectivity index (χ3v) is 6.81. The van der Waals surface area contributed by atoms with Gasteiger partial charge in [-0.05, 0) is 65.8 Å². The fourth-order valence-corrected chi connectivity index (χ4v) is 4.76. The summed E-state index contributed by atoms with van der Waals surface area (Å²) in [5.41, 5.74) is 2.63. The van der Waals surface area contributed by atoms with E-state index in [2.05, 4.69) is 20.9 Å². The SMILES string of the molecule is CC(C)(C)OC(=O)NNC(=O)c1ccc(C(=O)NC[C@H](NS(=O)(=O)c2ccccc2)C(=O)OC(C)(C)C)s1. The largest absolute Gasteiger partial charge is 0.459 e. The summed E-state index contributed by atoms with van der Waals surface area (Å²) in [6, 6.07) is 8.76. The van der Waals surface area contributed by atoms with Crippen molar-refractivity contribution >= 4 is 45.2 Å². The second-order valence-corrected chi connectivity index (χ2v) is 12.8. The second-order valence-electron chi connectivity index (χ2n) is 9.98. The van der Waals surface area contributed by atoms with Crippen molar-refractivity contribution in [3.63, 3.8) is 0 Å². The molecule has 0 aliphatic rings. The summed E-state index contributed by atoms with van der Waals surface area (Å²) in [5.74, 6) is -2.21. The lowest BCUT2D eigenvalue weighted by molar-refractivity contribution is -0.156. The quantitative estimate of drug-likeness (QED) is 0.278. The smallest absolute Gasteiger partial charge is 0.426 e. The van der Waals surface area contributed by atoms with E-state index in [4.69, 9.17) is 9.47 Å². The molecular formula is C24H32N4O8S2. The minimum absolute atomic E-state index is 0.0613. The number of ether oxygens (including phenoxy) is 2. The van der Waals surface area contributed by atoms with Crippen molar-refractivity contribution < 1.29 is 37.1 Å². The summed E-state index contributed by atoms with van der Waals surface area (Å²) in [6.45, 7) is 9.46. The van der Waals surface area contributed by atoms with Gasteiger partial charge in [0.15, 0.2) is 0 Å². The molecule has 208 valence electrons. The highest BCUT2D eigenvalue weighted by Crippen LogP contribution is 2.17.